The van der Waals surface area contributed by atoms with E-state index in [-0.39, 0.29) is 11.8 Å². The molecule has 0 spiro atoms. The molecule has 0 radical (unpaired) electrons. The molecular formula is C9H12BrNO3. The number of carbonyl (C=O) groups is 2. The first-order valence-electron chi connectivity index (χ1n) is 4.70. The topological polar surface area (TPSA) is 57.6 Å². The molecule has 2 aliphatic rings. The van der Waals surface area contributed by atoms with E-state index in [2.05, 4.69) is 15.9 Å². The summed E-state index contributed by atoms with van der Waals surface area (Å²) >= 11 is 3.33. The Bertz CT molecular complexity index is 288. The Labute approximate surface area is 90.4 Å². The molecule has 5 heteroatoms. The molecule has 1 aliphatic heterocycles. The first-order chi connectivity index (χ1) is 6.60. The Morgan fingerprint density at radius 3 is 2.64 bits per heavy atom. The van der Waals surface area contributed by atoms with Gasteiger partial charge in [-0.15, -0.1) is 0 Å². The highest BCUT2D eigenvalue weighted by Gasteiger charge is 2.58. The second-order valence-electron chi connectivity index (χ2n) is 4.07. The Kier molecular flexibility index (Phi) is 2.29. The normalized spacial score (nSPS) is 29.4. The molecule has 1 unspecified atom stereocenters. The Morgan fingerprint density at radius 2 is 2.29 bits per heavy atom. The maximum Gasteiger partial charge on any atom is 0.329 e. The van der Waals surface area contributed by atoms with Crippen molar-refractivity contribution in [3.8, 4) is 0 Å². The fourth-order valence-electron chi connectivity index (χ4n) is 2.02. The van der Waals surface area contributed by atoms with E-state index < -0.39 is 11.5 Å². The molecule has 0 bridgehead atoms. The van der Waals surface area contributed by atoms with Crippen molar-refractivity contribution in [2.45, 2.75) is 24.8 Å². The predicted octanol–water partition coefficient (Wildman–Crippen LogP) is 0.847. The molecule has 1 saturated carbocycles. The van der Waals surface area contributed by atoms with Gasteiger partial charge in [-0.25, -0.2) is 4.79 Å². The SMILES string of the molecule is O=C1CC(CBr)CN1C1(C(=O)O)CC1. The van der Waals surface area contributed by atoms with Gasteiger partial charge in [-0.3, -0.25) is 4.79 Å². The molecule has 0 aromatic carbocycles. The zero-order valence-corrected chi connectivity index (χ0v) is 9.29. The van der Waals surface area contributed by atoms with Crippen LogP contribution in [-0.4, -0.2) is 39.3 Å². The van der Waals surface area contributed by atoms with Gasteiger partial charge in [0, 0.05) is 18.3 Å². The molecule has 1 aliphatic carbocycles. The molecule has 1 heterocycles. The second-order valence-corrected chi connectivity index (χ2v) is 4.71. The fourth-order valence-corrected chi connectivity index (χ4v) is 2.45. The minimum absolute atomic E-state index is 0.00523. The minimum atomic E-state index is -0.846. The van der Waals surface area contributed by atoms with E-state index in [9.17, 15) is 9.59 Å². The summed E-state index contributed by atoms with van der Waals surface area (Å²) in [6, 6.07) is 0. The first kappa shape index (κ1) is 9.96. The van der Waals surface area contributed by atoms with E-state index in [1.807, 2.05) is 0 Å². The van der Waals surface area contributed by atoms with Crippen LogP contribution in [0.4, 0.5) is 0 Å². The molecule has 14 heavy (non-hydrogen) atoms. The van der Waals surface area contributed by atoms with Crippen LogP contribution in [0.25, 0.3) is 0 Å². The molecule has 1 amide bonds. The van der Waals surface area contributed by atoms with Crippen molar-refractivity contribution < 1.29 is 14.7 Å². The number of aliphatic carboxylic acids is 1. The van der Waals surface area contributed by atoms with Crippen LogP contribution >= 0.6 is 15.9 Å². The van der Waals surface area contributed by atoms with Crippen molar-refractivity contribution in [2.24, 2.45) is 5.92 Å². The maximum atomic E-state index is 11.6. The highest BCUT2D eigenvalue weighted by molar-refractivity contribution is 9.09. The molecule has 0 aromatic heterocycles. The zero-order chi connectivity index (χ0) is 10.3. The number of halogens is 1. The van der Waals surface area contributed by atoms with Crippen molar-refractivity contribution in [3.05, 3.63) is 0 Å². The highest BCUT2D eigenvalue weighted by Crippen LogP contribution is 2.45. The van der Waals surface area contributed by atoms with Crippen LogP contribution in [0.2, 0.25) is 0 Å². The van der Waals surface area contributed by atoms with Gasteiger partial charge in [0.2, 0.25) is 5.91 Å². The van der Waals surface area contributed by atoms with Gasteiger partial charge in [-0.05, 0) is 18.8 Å². The summed E-state index contributed by atoms with van der Waals surface area (Å²) in [5, 5.41) is 9.80. The molecule has 4 nitrogen and oxygen atoms in total. The van der Waals surface area contributed by atoms with Crippen LogP contribution in [-0.2, 0) is 9.59 Å². The Hall–Kier alpha value is -0.580. The van der Waals surface area contributed by atoms with Crippen LogP contribution in [0.15, 0.2) is 0 Å². The second kappa shape index (κ2) is 3.22. The molecule has 1 atom stereocenters. The van der Waals surface area contributed by atoms with Crippen molar-refractivity contribution in [1.29, 1.82) is 0 Å². The van der Waals surface area contributed by atoms with Crippen molar-refractivity contribution >= 4 is 27.8 Å². The zero-order valence-electron chi connectivity index (χ0n) is 7.70. The monoisotopic (exact) mass is 261 g/mol. The molecule has 1 N–H and O–H groups in total. The number of nitrogens with zero attached hydrogens (tertiary/aromatic N) is 1. The first-order valence-corrected chi connectivity index (χ1v) is 5.82. The van der Waals surface area contributed by atoms with Crippen molar-refractivity contribution in [1.82, 2.24) is 4.90 Å². The summed E-state index contributed by atoms with van der Waals surface area (Å²) in [6.45, 7) is 0.594. The Balaban J connectivity index is 2.13. The maximum absolute atomic E-state index is 11.6. The largest absolute Gasteiger partial charge is 0.479 e. The third-order valence-corrected chi connectivity index (χ3v) is 3.98. The number of rotatable bonds is 3. The molecule has 2 rings (SSSR count). The van der Waals surface area contributed by atoms with Gasteiger partial charge >= 0.3 is 5.97 Å². The molecule has 1 saturated heterocycles. The van der Waals surface area contributed by atoms with Gasteiger partial charge in [0.1, 0.15) is 5.54 Å². The van der Waals surface area contributed by atoms with E-state index in [4.69, 9.17) is 5.11 Å². The van der Waals surface area contributed by atoms with Crippen molar-refractivity contribution in [2.75, 3.05) is 11.9 Å². The lowest BCUT2D eigenvalue weighted by Gasteiger charge is -2.23. The summed E-state index contributed by atoms with van der Waals surface area (Å²) in [6.07, 6.45) is 1.71. The van der Waals surface area contributed by atoms with Gasteiger partial charge in [-0.1, -0.05) is 15.9 Å². The Morgan fingerprint density at radius 1 is 1.64 bits per heavy atom. The van der Waals surface area contributed by atoms with Crippen LogP contribution in [0.1, 0.15) is 19.3 Å². The van der Waals surface area contributed by atoms with Gasteiger partial charge in [0.15, 0.2) is 0 Å². The summed E-state index contributed by atoms with van der Waals surface area (Å²) in [5.74, 6) is -0.574. The lowest BCUT2D eigenvalue weighted by molar-refractivity contribution is -0.150. The predicted molar refractivity (Wildman–Crippen MR) is 53.2 cm³/mol. The number of carbonyl (C=O) groups excluding carboxylic acids is 1. The lowest BCUT2D eigenvalue weighted by atomic mass is 10.1. The fraction of sp³-hybridized carbons (Fsp3) is 0.778. The highest BCUT2D eigenvalue weighted by atomic mass is 79.9. The number of hydrogen-bond acceptors (Lipinski definition) is 2. The summed E-state index contributed by atoms with van der Waals surface area (Å²) < 4.78 is 0. The smallest absolute Gasteiger partial charge is 0.329 e. The molecule has 78 valence electrons. The average molecular weight is 262 g/mol. The van der Waals surface area contributed by atoms with Gasteiger partial charge in [-0.2, -0.15) is 0 Å². The average Bonchev–Trinajstić information content (AvgIpc) is 2.86. The number of carboxylic acid groups (broad SMARTS) is 1. The molecule has 2 fully saturated rings. The number of likely N-dealkylation sites (tertiary alicyclic amines) is 1. The van der Waals surface area contributed by atoms with E-state index in [0.29, 0.717) is 25.8 Å². The number of amides is 1. The summed E-state index contributed by atoms with van der Waals surface area (Å²) in [5.41, 5.74) is -0.839. The van der Waals surface area contributed by atoms with Crippen LogP contribution < -0.4 is 0 Å². The van der Waals surface area contributed by atoms with E-state index >= 15 is 0 Å². The van der Waals surface area contributed by atoms with Gasteiger partial charge in [0.25, 0.3) is 0 Å². The van der Waals surface area contributed by atoms with Crippen molar-refractivity contribution in [3.63, 3.8) is 0 Å². The van der Waals surface area contributed by atoms with Gasteiger partial charge < -0.3 is 10.0 Å². The number of alkyl halides is 1. The van der Waals surface area contributed by atoms with Crippen LogP contribution in [0.3, 0.4) is 0 Å². The standard InChI is InChI=1S/C9H12BrNO3/c10-4-6-3-7(12)11(5-6)9(1-2-9)8(13)14/h6H,1-5H2,(H,13,14). The summed E-state index contributed by atoms with van der Waals surface area (Å²) in [4.78, 5) is 24.1. The number of hydrogen-bond donors (Lipinski definition) is 1. The third kappa shape index (κ3) is 1.34. The third-order valence-electron chi connectivity index (χ3n) is 3.06. The van der Waals surface area contributed by atoms with Gasteiger partial charge in [0.05, 0.1) is 0 Å². The van der Waals surface area contributed by atoms with Crippen LogP contribution in [0.5, 0.6) is 0 Å². The quantitative estimate of drug-likeness (QED) is 0.767. The van der Waals surface area contributed by atoms with Crippen LogP contribution in [0, 0.1) is 5.92 Å². The van der Waals surface area contributed by atoms with E-state index in [1.54, 1.807) is 4.90 Å². The van der Waals surface area contributed by atoms with E-state index in [0.717, 1.165) is 5.33 Å². The number of carboxylic acids is 1. The minimum Gasteiger partial charge on any atom is -0.479 e. The molecular weight excluding hydrogens is 250 g/mol. The molecule has 0 aromatic rings. The van der Waals surface area contributed by atoms with E-state index in [1.165, 1.54) is 0 Å². The lowest BCUT2D eigenvalue weighted by Crippen LogP contribution is -2.44. The summed E-state index contributed by atoms with van der Waals surface area (Å²) in [7, 11) is 0.